The van der Waals surface area contributed by atoms with Crippen LogP contribution >= 0.6 is 11.3 Å². The maximum atomic E-state index is 12.7. The molecule has 0 aliphatic carbocycles. The molecule has 0 aromatic carbocycles. The highest BCUT2D eigenvalue weighted by Crippen LogP contribution is 2.34. The van der Waals surface area contributed by atoms with Gasteiger partial charge in [0.25, 0.3) is 0 Å². The molecule has 23 heavy (non-hydrogen) atoms. The molecule has 1 aromatic rings. The standard InChI is InChI=1S/C10H8F3N3O2S.NO3/c11-10(12,13)8-5-6(1-3-14-15-8)7-2-4-19-9(7)16(17)18;2-1(3)4/h1-2,4-5,14-15H,3H2;/q;-1/p+1. The largest absolute Gasteiger partial charge is 0.468 e. The molecule has 2 heterocycles. The van der Waals surface area contributed by atoms with E-state index in [1.165, 1.54) is 17.5 Å². The molecule has 13 heteroatoms. The molecule has 9 nitrogen and oxygen atoms in total. The quantitative estimate of drug-likeness (QED) is 0.467. The number of halogens is 3. The average molecular weight is 354 g/mol. The maximum Gasteiger partial charge on any atom is 0.468 e. The average Bonchev–Trinajstić information content (AvgIpc) is 2.74. The molecular formula is C10H9F3N4O5S. The predicted molar refractivity (Wildman–Crippen MR) is 73.4 cm³/mol. The Balaban J connectivity index is 0.000000593. The molecule has 0 radical (unpaired) electrons. The van der Waals surface area contributed by atoms with Crippen molar-refractivity contribution in [1.29, 1.82) is 0 Å². The fourth-order valence-electron chi connectivity index (χ4n) is 1.62. The van der Waals surface area contributed by atoms with E-state index in [2.05, 4.69) is 5.43 Å². The molecule has 0 atom stereocenters. The smallest absolute Gasteiger partial charge is 0.356 e. The lowest BCUT2D eigenvalue weighted by atomic mass is 10.1. The number of allylic oxidation sites excluding steroid dienone is 3. The van der Waals surface area contributed by atoms with E-state index in [1.807, 2.05) is 0 Å². The van der Waals surface area contributed by atoms with Crippen LogP contribution in [0.15, 0.2) is 29.3 Å². The van der Waals surface area contributed by atoms with Crippen molar-refractivity contribution >= 4 is 21.9 Å². The van der Waals surface area contributed by atoms with Gasteiger partial charge >= 0.3 is 11.2 Å². The number of alkyl halides is 3. The van der Waals surface area contributed by atoms with Gasteiger partial charge in [0.1, 0.15) is 0 Å². The van der Waals surface area contributed by atoms with E-state index >= 15 is 0 Å². The summed E-state index contributed by atoms with van der Waals surface area (Å²) in [7, 11) is 0. The van der Waals surface area contributed by atoms with Crippen LogP contribution in [-0.2, 0) is 0 Å². The maximum absolute atomic E-state index is 12.7. The minimum Gasteiger partial charge on any atom is -0.356 e. The number of hydrogen-bond donors (Lipinski definition) is 2. The molecule has 1 aliphatic heterocycles. The summed E-state index contributed by atoms with van der Waals surface area (Å²) in [5.74, 6) is 0. The molecule has 2 rings (SSSR count). The van der Waals surface area contributed by atoms with Gasteiger partial charge < -0.3 is 15.3 Å². The van der Waals surface area contributed by atoms with Crippen LogP contribution in [0.4, 0.5) is 18.2 Å². The van der Waals surface area contributed by atoms with E-state index in [0.717, 1.165) is 22.8 Å². The summed E-state index contributed by atoms with van der Waals surface area (Å²) < 4.78 is 38.1. The summed E-state index contributed by atoms with van der Waals surface area (Å²) >= 11 is 0.886. The van der Waals surface area contributed by atoms with Crippen LogP contribution in [0.25, 0.3) is 5.57 Å². The lowest BCUT2D eigenvalue weighted by Crippen LogP contribution is -2.93. The van der Waals surface area contributed by atoms with Crippen molar-refractivity contribution in [3.05, 3.63) is 60.3 Å². The zero-order valence-electron chi connectivity index (χ0n) is 11.1. The van der Waals surface area contributed by atoms with E-state index in [9.17, 15) is 23.3 Å². The topological polar surface area (TPSA) is 138 Å². The molecule has 126 valence electrons. The fraction of sp³-hybridized carbons (Fsp3) is 0.200. The number of nitrogens with one attached hydrogen (secondary N) is 1. The first-order chi connectivity index (χ1) is 10.6. The van der Waals surface area contributed by atoms with Crippen LogP contribution < -0.4 is 10.9 Å². The lowest BCUT2D eigenvalue weighted by Gasteiger charge is -2.07. The van der Waals surface area contributed by atoms with Crippen molar-refractivity contribution in [3.8, 4) is 0 Å². The van der Waals surface area contributed by atoms with Gasteiger partial charge in [-0.2, -0.15) is 18.6 Å². The summed E-state index contributed by atoms with van der Waals surface area (Å²) in [6.07, 6.45) is -2.10. The second-order valence-electron chi connectivity index (χ2n) is 3.93. The number of quaternary nitrogens is 1. The molecule has 0 fully saturated rings. The number of hydrogen-bond acceptors (Lipinski definition) is 7. The Kier molecular flexibility index (Phi) is 6.18. The fourth-order valence-corrected chi connectivity index (χ4v) is 2.35. The van der Waals surface area contributed by atoms with Gasteiger partial charge in [-0.1, -0.05) is 17.4 Å². The van der Waals surface area contributed by atoms with Crippen LogP contribution in [0.1, 0.15) is 5.56 Å². The molecule has 0 amide bonds. The van der Waals surface area contributed by atoms with Crippen LogP contribution in [0.2, 0.25) is 0 Å². The third-order valence-corrected chi connectivity index (χ3v) is 3.32. The van der Waals surface area contributed by atoms with Crippen molar-refractivity contribution in [2.75, 3.05) is 6.54 Å². The van der Waals surface area contributed by atoms with E-state index < -0.39 is 21.9 Å². The van der Waals surface area contributed by atoms with Crippen molar-refractivity contribution in [2.45, 2.75) is 6.18 Å². The van der Waals surface area contributed by atoms with Gasteiger partial charge in [-0.3, -0.25) is 10.1 Å². The van der Waals surface area contributed by atoms with Gasteiger partial charge in [0.15, 0.2) is 0 Å². The monoisotopic (exact) mass is 354 g/mol. The number of nitrogens with two attached hydrogens (primary N) is 1. The number of nitro groups is 1. The van der Waals surface area contributed by atoms with E-state index in [1.54, 1.807) is 0 Å². The molecule has 0 saturated heterocycles. The third-order valence-electron chi connectivity index (χ3n) is 2.46. The number of rotatable bonds is 2. The Labute approximate surface area is 130 Å². The summed E-state index contributed by atoms with van der Waals surface area (Å²) in [4.78, 5) is 18.5. The minimum atomic E-state index is -4.50. The van der Waals surface area contributed by atoms with Gasteiger partial charge in [0, 0.05) is 6.08 Å². The van der Waals surface area contributed by atoms with Crippen molar-refractivity contribution < 1.29 is 28.6 Å². The van der Waals surface area contributed by atoms with Crippen LogP contribution in [0, 0.1) is 25.4 Å². The molecule has 1 aliphatic rings. The lowest BCUT2D eigenvalue weighted by molar-refractivity contribution is -0.680. The molecule has 1 aromatic heterocycles. The van der Waals surface area contributed by atoms with E-state index in [-0.39, 0.29) is 22.7 Å². The molecular weight excluding hydrogens is 345 g/mol. The summed E-state index contributed by atoms with van der Waals surface area (Å²) in [5.41, 5.74) is 2.89. The highest BCUT2D eigenvalue weighted by molar-refractivity contribution is 7.13. The second kappa shape index (κ2) is 7.66. The minimum absolute atomic E-state index is 0.161. The molecule has 0 saturated carbocycles. The molecule has 0 spiro atoms. The van der Waals surface area contributed by atoms with Crippen molar-refractivity contribution in [3.63, 3.8) is 0 Å². The van der Waals surface area contributed by atoms with Gasteiger partial charge in [-0.15, -0.1) is 0 Å². The van der Waals surface area contributed by atoms with Crippen LogP contribution in [0.3, 0.4) is 0 Å². The Morgan fingerprint density at radius 2 is 1.87 bits per heavy atom. The summed E-state index contributed by atoms with van der Waals surface area (Å²) in [6.45, 7) is 0.179. The summed E-state index contributed by atoms with van der Waals surface area (Å²) in [6, 6.07) is 1.45. The van der Waals surface area contributed by atoms with Gasteiger partial charge in [0.05, 0.1) is 22.1 Å². The first-order valence-corrected chi connectivity index (χ1v) is 6.60. The Bertz CT molecular complexity index is 651. The Morgan fingerprint density at radius 3 is 2.39 bits per heavy atom. The van der Waals surface area contributed by atoms with Gasteiger partial charge in [-0.25, -0.2) is 5.43 Å². The molecule has 3 N–H and O–H groups in total. The first kappa shape index (κ1) is 18.5. The number of nitrogens with zero attached hydrogens (tertiary/aromatic N) is 2. The second-order valence-corrected chi connectivity index (χ2v) is 4.82. The van der Waals surface area contributed by atoms with Crippen molar-refractivity contribution in [2.24, 2.45) is 0 Å². The summed E-state index contributed by atoms with van der Waals surface area (Å²) in [5, 5.41) is 26.9. The van der Waals surface area contributed by atoms with Crippen LogP contribution in [-0.4, -0.2) is 22.7 Å². The molecule has 0 unspecified atom stereocenters. The van der Waals surface area contributed by atoms with E-state index in [4.69, 9.17) is 15.3 Å². The predicted octanol–water partition coefficient (Wildman–Crippen LogP) is 1.33. The van der Waals surface area contributed by atoms with Crippen LogP contribution in [0.5, 0.6) is 0 Å². The van der Waals surface area contributed by atoms with E-state index in [0.29, 0.717) is 0 Å². The molecule has 0 bridgehead atoms. The highest BCUT2D eigenvalue weighted by Gasteiger charge is 2.39. The zero-order valence-corrected chi connectivity index (χ0v) is 11.9. The van der Waals surface area contributed by atoms with Gasteiger partial charge in [-0.05, 0) is 17.0 Å². The SMILES string of the molecule is O=[N+]([O-])[O-].O=[N+]([O-])c1sccc1C1=CCN[NH2+]C(C(F)(F)F)=C1. The zero-order chi connectivity index (χ0) is 17.6. The number of thiophene rings is 1. The van der Waals surface area contributed by atoms with Crippen molar-refractivity contribution in [1.82, 2.24) is 5.43 Å². The Hall–Kier alpha value is -2.51. The Morgan fingerprint density at radius 1 is 1.26 bits per heavy atom. The first-order valence-electron chi connectivity index (χ1n) is 5.72. The third kappa shape index (κ3) is 5.65. The van der Waals surface area contributed by atoms with Gasteiger partial charge in [0.2, 0.25) is 5.70 Å². The highest BCUT2D eigenvalue weighted by atomic mass is 32.1. The normalized spacial score (nSPS) is 14.7.